The van der Waals surface area contributed by atoms with E-state index < -0.39 is 5.63 Å². The van der Waals surface area contributed by atoms with E-state index in [2.05, 4.69) is 0 Å². The zero-order valence-corrected chi connectivity index (χ0v) is 10.9. The first-order chi connectivity index (χ1) is 10.2. The van der Waals surface area contributed by atoms with E-state index in [0.29, 0.717) is 22.5 Å². The van der Waals surface area contributed by atoms with Crippen molar-refractivity contribution in [1.82, 2.24) is 0 Å². The lowest BCUT2D eigenvalue weighted by atomic mass is 10.1. The molecule has 1 N–H and O–H groups in total. The van der Waals surface area contributed by atoms with Crippen molar-refractivity contribution in [3.8, 4) is 17.1 Å². The Bertz CT molecular complexity index is 1010. The van der Waals surface area contributed by atoms with Gasteiger partial charge >= 0.3 is 5.63 Å². The molecule has 2 aromatic heterocycles. The molecule has 21 heavy (non-hydrogen) atoms. The van der Waals surface area contributed by atoms with Crippen LogP contribution in [0.3, 0.4) is 0 Å². The van der Waals surface area contributed by atoms with Crippen LogP contribution in [0.2, 0.25) is 0 Å². The number of fused-ring (bicyclic) bond motifs is 3. The molecule has 2 aromatic carbocycles. The van der Waals surface area contributed by atoms with Crippen molar-refractivity contribution in [1.29, 1.82) is 0 Å². The second-order valence-electron chi connectivity index (χ2n) is 4.78. The Balaban J connectivity index is 2.16. The SMILES string of the molecule is O=c1cc2oc3ccccc3c2c(-c2ccc(O)cc2)o1. The predicted molar refractivity (Wildman–Crippen MR) is 79.4 cm³/mol. The molecule has 4 rings (SSSR count). The van der Waals surface area contributed by atoms with Gasteiger partial charge in [-0.1, -0.05) is 18.2 Å². The van der Waals surface area contributed by atoms with Crippen LogP contribution in [-0.4, -0.2) is 5.11 Å². The van der Waals surface area contributed by atoms with E-state index in [4.69, 9.17) is 8.83 Å². The van der Waals surface area contributed by atoms with Gasteiger partial charge in [-0.15, -0.1) is 0 Å². The van der Waals surface area contributed by atoms with Gasteiger partial charge in [0.1, 0.15) is 22.7 Å². The molecule has 4 aromatic rings. The van der Waals surface area contributed by atoms with Crippen molar-refractivity contribution in [2.45, 2.75) is 0 Å². The highest BCUT2D eigenvalue weighted by Gasteiger charge is 2.15. The summed E-state index contributed by atoms with van der Waals surface area (Å²) in [5.41, 5.74) is 1.44. The number of phenolic OH excluding ortho intramolecular Hbond substituents is 1. The quantitative estimate of drug-likeness (QED) is 0.573. The van der Waals surface area contributed by atoms with Crippen LogP contribution in [0.4, 0.5) is 0 Å². The molecular weight excluding hydrogens is 268 g/mol. The van der Waals surface area contributed by atoms with Gasteiger partial charge in [-0.3, -0.25) is 0 Å². The average Bonchev–Trinajstić information content (AvgIpc) is 2.85. The topological polar surface area (TPSA) is 63.6 Å². The van der Waals surface area contributed by atoms with E-state index in [1.54, 1.807) is 24.3 Å². The number of hydrogen-bond acceptors (Lipinski definition) is 4. The van der Waals surface area contributed by atoms with E-state index in [1.165, 1.54) is 6.07 Å². The van der Waals surface area contributed by atoms with Crippen LogP contribution in [0.5, 0.6) is 5.75 Å². The van der Waals surface area contributed by atoms with Crippen molar-refractivity contribution >= 4 is 21.9 Å². The monoisotopic (exact) mass is 278 g/mol. The fraction of sp³-hybridized carbons (Fsp3) is 0. The molecule has 0 atom stereocenters. The summed E-state index contributed by atoms with van der Waals surface area (Å²) in [6, 6.07) is 15.4. The number of benzene rings is 2. The summed E-state index contributed by atoms with van der Waals surface area (Å²) in [6.45, 7) is 0. The first-order valence-corrected chi connectivity index (χ1v) is 6.47. The highest BCUT2D eigenvalue weighted by atomic mass is 16.4. The van der Waals surface area contributed by atoms with Crippen LogP contribution in [0.1, 0.15) is 0 Å². The van der Waals surface area contributed by atoms with Crippen molar-refractivity contribution in [3.63, 3.8) is 0 Å². The van der Waals surface area contributed by atoms with Crippen LogP contribution in [0.25, 0.3) is 33.3 Å². The minimum absolute atomic E-state index is 0.158. The number of aromatic hydroxyl groups is 1. The Labute approximate surface area is 118 Å². The summed E-state index contributed by atoms with van der Waals surface area (Å²) in [4.78, 5) is 11.7. The highest BCUT2D eigenvalue weighted by molar-refractivity contribution is 6.10. The molecule has 0 fully saturated rings. The Morgan fingerprint density at radius 1 is 0.857 bits per heavy atom. The molecule has 4 nitrogen and oxygen atoms in total. The predicted octanol–water partition coefficient (Wildman–Crippen LogP) is 3.91. The summed E-state index contributed by atoms with van der Waals surface area (Å²) in [5, 5.41) is 11.0. The van der Waals surface area contributed by atoms with Gasteiger partial charge in [0.15, 0.2) is 0 Å². The maximum Gasteiger partial charge on any atom is 0.340 e. The molecule has 0 bridgehead atoms. The number of hydrogen-bond donors (Lipinski definition) is 1. The molecule has 2 heterocycles. The summed E-state index contributed by atoms with van der Waals surface area (Å²) in [7, 11) is 0. The first kappa shape index (κ1) is 11.8. The maximum atomic E-state index is 11.7. The lowest BCUT2D eigenvalue weighted by molar-refractivity contribution is 0.475. The number of phenols is 1. The summed E-state index contributed by atoms with van der Waals surface area (Å²) in [5.74, 6) is 0.604. The first-order valence-electron chi connectivity index (χ1n) is 6.47. The fourth-order valence-corrected chi connectivity index (χ4v) is 2.50. The second kappa shape index (κ2) is 4.24. The van der Waals surface area contributed by atoms with E-state index in [0.717, 1.165) is 10.8 Å². The van der Waals surface area contributed by atoms with Gasteiger partial charge in [0.25, 0.3) is 0 Å². The van der Waals surface area contributed by atoms with Crippen LogP contribution in [0, 0.1) is 0 Å². The third-order valence-electron chi connectivity index (χ3n) is 3.43. The lowest BCUT2D eigenvalue weighted by Crippen LogP contribution is -1.96. The molecule has 0 radical (unpaired) electrons. The smallest absolute Gasteiger partial charge is 0.340 e. The minimum atomic E-state index is -0.468. The van der Waals surface area contributed by atoms with Crippen molar-refractivity contribution in [2.24, 2.45) is 0 Å². The molecule has 0 aliphatic rings. The molecule has 0 amide bonds. The Kier molecular flexibility index (Phi) is 2.38. The second-order valence-corrected chi connectivity index (χ2v) is 4.78. The largest absolute Gasteiger partial charge is 0.508 e. The molecular formula is C17H10O4. The number of furan rings is 1. The van der Waals surface area contributed by atoms with Crippen LogP contribution >= 0.6 is 0 Å². The van der Waals surface area contributed by atoms with Gasteiger partial charge < -0.3 is 13.9 Å². The van der Waals surface area contributed by atoms with Crippen LogP contribution < -0.4 is 5.63 Å². The zero-order chi connectivity index (χ0) is 14.4. The highest BCUT2D eigenvalue weighted by Crippen LogP contribution is 2.35. The minimum Gasteiger partial charge on any atom is -0.508 e. The maximum absolute atomic E-state index is 11.7. The fourth-order valence-electron chi connectivity index (χ4n) is 2.50. The lowest BCUT2D eigenvalue weighted by Gasteiger charge is -2.02. The van der Waals surface area contributed by atoms with E-state index >= 15 is 0 Å². The molecule has 0 unspecified atom stereocenters. The molecule has 0 saturated heterocycles. The van der Waals surface area contributed by atoms with Crippen molar-refractivity contribution in [3.05, 3.63) is 65.0 Å². The van der Waals surface area contributed by atoms with E-state index in [1.807, 2.05) is 24.3 Å². The van der Waals surface area contributed by atoms with Gasteiger partial charge in [0.2, 0.25) is 0 Å². The van der Waals surface area contributed by atoms with Gasteiger partial charge in [-0.05, 0) is 30.3 Å². The van der Waals surface area contributed by atoms with E-state index in [9.17, 15) is 9.90 Å². The normalized spacial score (nSPS) is 11.2. The van der Waals surface area contributed by atoms with Gasteiger partial charge in [-0.25, -0.2) is 4.79 Å². The number of para-hydroxylation sites is 1. The molecule has 0 aliphatic heterocycles. The van der Waals surface area contributed by atoms with Gasteiger partial charge in [0.05, 0.1) is 11.5 Å². The third kappa shape index (κ3) is 1.80. The van der Waals surface area contributed by atoms with Crippen molar-refractivity contribution in [2.75, 3.05) is 0 Å². The molecule has 0 saturated carbocycles. The van der Waals surface area contributed by atoms with Gasteiger partial charge in [0, 0.05) is 10.9 Å². The third-order valence-corrected chi connectivity index (χ3v) is 3.43. The Morgan fingerprint density at radius 3 is 2.43 bits per heavy atom. The summed E-state index contributed by atoms with van der Waals surface area (Å²) >= 11 is 0. The van der Waals surface area contributed by atoms with Crippen LogP contribution in [0.15, 0.2) is 68.2 Å². The summed E-state index contributed by atoms with van der Waals surface area (Å²) in [6.07, 6.45) is 0. The van der Waals surface area contributed by atoms with Crippen molar-refractivity contribution < 1.29 is 13.9 Å². The molecule has 0 spiro atoms. The Morgan fingerprint density at radius 2 is 1.62 bits per heavy atom. The van der Waals surface area contributed by atoms with Crippen LogP contribution in [-0.2, 0) is 0 Å². The average molecular weight is 278 g/mol. The van der Waals surface area contributed by atoms with E-state index in [-0.39, 0.29) is 5.75 Å². The molecule has 0 aliphatic carbocycles. The summed E-state index contributed by atoms with van der Waals surface area (Å²) < 4.78 is 11.1. The molecule has 102 valence electrons. The number of rotatable bonds is 1. The standard InChI is InChI=1S/C17H10O4/c18-11-7-5-10(6-8-11)17-16-12-3-1-2-4-13(12)20-14(16)9-15(19)21-17/h1-9,18H. The van der Waals surface area contributed by atoms with Gasteiger partial charge in [-0.2, -0.15) is 0 Å². The Hall–Kier alpha value is -3.01. The zero-order valence-electron chi connectivity index (χ0n) is 10.9. The molecule has 4 heteroatoms.